The number of nitrogens with zero attached hydrogens (tertiary/aromatic N) is 3. The van der Waals surface area contributed by atoms with Gasteiger partial charge in [0.1, 0.15) is 23.9 Å². The Balaban J connectivity index is 1.74. The molecular weight excluding hydrogens is 384 g/mol. The normalized spacial score (nSPS) is 15.1. The van der Waals surface area contributed by atoms with Gasteiger partial charge in [0.25, 0.3) is 5.91 Å². The van der Waals surface area contributed by atoms with Crippen molar-refractivity contribution in [2.75, 3.05) is 18.5 Å². The van der Waals surface area contributed by atoms with Crippen LogP contribution in [-0.2, 0) is 16.1 Å². The van der Waals surface area contributed by atoms with Crippen LogP contribution in [0, 0.1) is 11.3 Å². The quantitative estimate of drug-likeness (QED) is 0.713. The number of rotatable bonds is 3. The molecule has 150 valence electrons. The molecule has 0 radical (unpaired) electrons. The summed E-state index contributed by atoms with van der Waals surface area (Å²) < 4.78 is 7.33. The molecule has 30 heavy (non-hydrogen) atoms. The summed E-state index contributed by atoms with van der Waals surface area (Å²) in [4.78, 5) is 39.3. The van der Waals surface area contributed by atoms with Crippen molar-refractivity contribution in [1.82, 2.24) is 9.88 Å². The van der Waals surface area contributed by atoms with E-state index < -0.39 is 6.10 Å². The molecule has 0 bridgehead atoms. The number of carbonyl (C=O) groups is 2. The lowest BCUT2D eigenvalue weighted by atomic mass is 10.1. The number of aromatic nitrogens is 1. The Morgan fingerprint density at radius 1 is 1.20 bits per heavy atom. The number of carbonyl (C=O) groups excluding carboxylic acids is 2. The molecule has 3 aromatic rings. The van der Waals surface area contributed by atoms with Crippen molar-refractivity contribution in [2.24, 2.45) is 0 Å². The summed E-state index contributed by atoms with van der Waals surface area (Å²) in [5.74, 6) is -0.187. The van der Waals surface area contributed by atoms with Crippen molar-refractivity contribution in [3.63, 3.8) is 0 Å². The second-order valence-electron chi connectivity index (χ2n) is 6.82. The summed E-state index contributed by atoms with van der Waals surface area (Å²) in [5, 5.41) is 12.2. The summed E-state index contributed by atoms with van der Waals surface area (Å²) in [6.07, 6.45) is 0.555. The number of para-hydroxylation sites is 3. The predicted octanol–water partition coefficient (Wildman–Crippen LogP) is 1.41. The molecule has 0 spiro atoms. The Morgan fingerprint density at radius 2 is 1.93 bits per heavy atom. The van der Waals surface area contributed by atoms with E-state index in [0.29, 0.717) is 22.3 Å². The summed E-state index contributed by atoms with van der Waals surface area (Å²) >= 11 is 0. The highest BCUT2D eigenvalue weighted by Gasteiger charge is 2.33. The molecule has 2 amide bonds. The summed E-state index contributed by atoms with van der Waals surface area (Å²) in [7, 11) is 1.51. The van der Waals surface area contributed by atoms with Gasteiger partial charge in [0.2, 0.25) is 11.3 Å². The highest BCUT2D eigenvalue weighted by Crippen LogP contribution is 2.33. The molecule has 2 heterocycles. The van der Waals surface area contributed by atoms with Crippen molar-refractivity contribution in [1.29, 1.82) is 5.26 Å². The number of likely N-dealkylation sites (N-methyl/N-ethyl adjacent to an activating group) is 1. The van der Waals surface area contributed by atoms with E-state index >= 15 is 0 Å². The number of pyridine rings is 1. The van der Waals surface area contributed by atoms with Crippen LogP contribution >= 0.6 is 0 Å². The van der Waals surface area contributed by atoms with Crippen molar-refractivity contribution >= 4 is 28.4 Å². The van der Waals surface area contributed by atoms with Crippen molar-refractivity contribution in [2.45, 2.75) is 12.6 Å². The van der Waals surface area contributed by atoms with Crippen LogP contribution in [0.5, 0.6) is 5.75 Å². The Bertz CT molecular complexity index is 1260. The zero-order valence-electron chi connectivity index (χ0n) is 16.2. The van der Waals surface area contributed by atoms with Crippen molar-refractivity contribution < 1.29 is 14.3 Å². The summed E-state index contributed by atoms with van der Waals surface area (Å²) in [5.41, 5.74) is 0.716. The Hall–Kier alpha value is -4.12. The molecule has 1 aliphatic heterocycles. The molecule has 8 nitrogen and oxygen atoms in total. The van der Waals surface area contributed by atoms with E-state index in [2.05, 4.69) is 5.32 Å². The fourth-order valence-electron chi connectivity index (χ4n) is 3.55. The van der Waals surface area contributed by atoms with Crippen LogP contribution in [0.4, 0.5) is 5.69 Å². The van der Waals surface area contributed by atoms with Crippen molar-refractivity contribution in [3.8, 4) is 11.8 Å². The Kier molecular flexibility index (Phi) is 4.94. The topological polar surface area (TPSA) is 104 Å². The van der Waals surface area contributed by atoms with Crippen LogP contribution in [-0.4, -0.2) is 36.1 Å². The number of ether oxygens (including phenoxy) is 1. The molecule has 1 aliphatic rings. The first-order chi connectivity index (χ1) is 14.5. The van der Waals surface area contributed by atoms with Gasteiger partial charge in [0.05, 0.1) is 17.7 Å². The minimum Gasteiger partial charge on any atom is -0.477 e. The fourth-order valence-corrected chi connectivity index (χ4v) is 3.55. The smallest absolute Gasteiger partial charge is 0.262 e. The largest absolute Gasteiger partial charge is 0.477 e. The van der Waals surface area contributed by atoms with E-state index in [1.54, 1.807) is 53.1 Å². The maximum absolute atomic E-state index is 13.3. The molecule has 0 saturated carbocycles. The molecule has 8 heteroatoms. The molecule has 2 aromatic carbocycles. The molecular formula is C22H18N4O4. The van der Waals surface area contributed by atoms with Gasteiger partial charge >= 0.3 is 0 Å². The van der Waals surface area contributed by atoms with Gasteiger partial charge in [-0.1, -0.05) is 24.3 Å². The van der Waals surface area contributed by atoms with Crippen molar-refractivity contribution in [3.05, 3.63) is 70.5 Å². The van der Waals surface area contributed by atoms with Gasteiger partial charge in [-0.3, -0.25) is 14.4 Å². The molecule has 0 fully saturated rings. The van der Waals surface area contributed by atoms with Gasteiger partial charge in [0, 0.05) is 18.6 Å². The van der Waals surface area contributed by atoms with E-state index in [-0.39, 0.29) is 35.9 Å². The summed E-state index contributed by atoms with van der Waals surface area (Å²) in [6.45, 7) is -0.0525. The average Bonchev–Trinajstić information content (AvgIpc) is 2.79. The van der Waals surface area contributed by atoms with Crippen LogP contribution in [0.15, 0.2) is 59.5 Å². The van der Waals surface area contributed by atoms with Gasteiger partial charge in [0.15, 0.2) is 6.10 Å². The number of anilines is 1. The van der Waals surface area contributed by atoms with Crippen LogP contribution in [0.2, 0.25) is 0 Å². The number of hydrogen-bond acceptors (Lipinski definition) is 5. The molecule has 1 N–H and O–H groups in total. The van der Waals surface area contributed by atoms with Crippen LogP contribution in [0.3, 0.4) is 0 Å². The lowest BCUT2D eigenvalue weighted by molar-refractivity contribution is -0.128. The zero-order chi connectivity index (χ0) is 21.3. The standard InChI is InChI=1S/C22H18N4O4/c1-24-22(29)19-12-26(17-8-4-5-9-18(17)30-19)20(27)13-25-11-14(10-23)21(28)15-6-2-3-7-16(15)25/h2-9,11,19H,12-13H2,1H3,(H,24,29). The molecule has 0 saturated heterocycles. The minimum absolute atomic E-state index is 0.0351. The molecule has 4 rings (SSSR count). The van der Waals surface area contributed by atoms with E-state index in [1.807, 2.05) is 6.07 Å². The highest BCUT2D eigenvalue weighted by atomic mass is 16.5. The van der Waals surface area contributed by atoms with Crippen LogP contribution < -0.4 is 20.4 Å². The third kappa shape index (κ3) is 3.26. The van der Waals surface area contributed by atoms with Gasteiger partial charge < -0.3 is 19.5 Å². The number of amides is 2. The Morgan fingerprint density at radius 3 is 2.70 bits per heavy atom. The highest BCUT2D eigenvalue weighted by molar-refractivity contribution is 5.97. The second-order valence-corrected chi connectivity index (χ2v) is 6.82. The molecule has 1 unspecified atom stereocenters. The third-order valence-electron chi connectivity index (χ3n) is 5.03. The maximum Gasteiger partial charge on any atom is 0.262 e. The fraction of sp³-hybridized carbons (Fsp3) is 0.182. The zero-order valence-corrected chi connectivity index (χ0v) is 16.2. The van der Waals surface area contributed by atoms with E-state index in [1.165, 1.54) is 18.1 Å². The maximum atomic E-state index is 13.3. The number of benzene rings is 2. The lowest BCUT2D eigenvalue weighted by Gasteiger charge is -2.34. The molecule has 1 aromatic heterocycles. The van der Waals surface area contributed by atoms with E-state index in [9.17, 15) is 19.6 Å². The number of hydrogen-bond donors (Lipinski definition) is 1. The van der Waals surface area contributed by atoms with Gasteiger partial charge in [-0.05, 0) is 24.3 Å². The van der Waals surface area contributed by atoms with E-state index in [4.69, 9.17) is 4.74 Å². The Labute approximate surface area is 171 Å². The lowest BCUT2D eigenvalue weighted by Crippen LogP contribution is -2.50. The SMILES string of the molecule is CNC(=O)C1CN(C(=O)Cn2cc(C#N)c(=O)c3ccccc32)c2ccccc2O1. The average molecular weight is 402 g/mol. The molecule has 0 aliphatic carbocycles. The van der Waals surface area contributed by atoms with Crippen LogP contribution in [0.1, 0.15) is 5.56 Å². The van der Waals surface area contributed by atoms with Gasteiger partial charge in [-0.15, -0.1) is 0 Å². The number of nitrogens with one attached hydrogen (secondary N) is 1. The first-order valence-corrected chi connectivity index (χ1v) is 9.33. The second kappa shape index (κ2) is 7.72. The minimum atomic E-state index is -0.839. The molecule has 1 atom stereocenters. The summed E-state index contributed by atoms with van der Waals surface area (Å²) in [6, 6.07) is 15.7. The number of fused-ring (bicyclic) bond motifs is 2. The van der Waals surface area contributed by atoms with E-state index in [0.717, 1.165) is 0 Å². The first-order valence-electron chi connectivity index (χ1n) is 9.33. The third-order valence-corrected chi connectivity index (χ3v) is 5.03. The number of nitriles is 1. The van der Waals surface area contributed by atoms with Crippen LogP contribution in [0.25, 0.3) is 10.9 Å². The van der Waals surface area contributed by atoms with Gasteiger partial charge in [-0.2, -0.15) is 5.26 Å². The first kappa shape index (κ1) is 19.2. The monoisotopic (exact) mass is 402 g/mol. The van der Waals surface area contributed by atoms with Gasteiger partial charge in [-0.25, -0.2) is 0 Å². The predicted molar refractivity (Wildman–Crippen MR) is 110 cm³/mol.